The number of carbonyl (C=O) groups excluding carboxylic acids is 2. The number of methoxy groups -OCH3 is 1. The van der Waals surface area contributed by atoms with Crippen LogP contribution in [0, 0.1) is 0 Å². The van der Waals surface area contributed by atoms with Crippen molar-refractivity contribution < 1.29 is 18.7 Å². The Morgan fingerprint density at radius 1 is 1.00 bits per heavy atom. The van der Waals surface area contributed by atoms with Crippen molar-refractivity contribution in [1.82, 2.24) is 9.88 Å². The number of fused-ring (bicyclic) bond motifs is 2. The number of pyridine rings is 1. The van der Waals surface area contributed by atoms with Crippen LogP contribution in [-0.4, -0.2) is 54.5 Å². The highest BCUT2D eigenvalue weighted by molar-refractivity contribution is 8.16. The van der Waals surface area contributed by atoms with Crippen LogP contribution in [0.2, 0.25) is 5.02 Å². The molecule has 0 aliphatic carbocycles. The molecule has 2 heterocycles. The second-order valence-electron chi connectivity index (χ2n) is 8.73. The molecule has 0 N–H and O–H groups in total. The maximum Gasteiger partial charge on any atom is 0.305 e. The standard InChI is InChI=1S/C28H29ClN2O4S2/c1-31(2)26(32)12-14-37-28(36-13-4-5-27(33)34-3)19-8-11-24-20(15-19)16-25(35-24)22-10-7-18-6-9-21(29)17-23(18)30-22/h6-11,15-17,28H,4-5,12-14H2,1-3H3. The lowest BCUT2D eigenvalue weighted by Crippen LogP contribution is -2.21. The van der Waals surface area contributed by atoms with E-state index in [0.29, 0.717) is 29.4 Å². The molecule has 37 heavy (non-hydrogen) atoms. The Bertz CT molecular complexity index is 1410. The molecule has 1 amide bonds. The summed E-state index contributed by atoms with van der Waals surface area (Å²) in [6.07, 6.45) is 1.61. The van der Waals surface area contributed by atoms with Gasteiger partial charge in [0.2, 0.25) is 5.91 Å². The van der Waals surface area contributed by atoms with Crippen molar-refractivity contribution in [2.75, 3.05) is 32.7 Å². The smallest absolute Gasteiger partial charge is 0.305 e. The summed E-state index contributed by atoms with van der Waals surface area (Å²) in [6, 6.07) is 17.8. The monoisotopic (exact) mass is 556 g/mol. The highest BCUT2D eigenvalue weighted by Crippen LogP contribution is 2.42. The molecule has 0 bridgehead atoms. The van der Waals surface area contributed by atoms with Gasteiger partial charge in [0, 0.05) is 48.5 Å². The lowest BCUT2D eigenvalue weighted by atomic mass is 10.1. The molecular formula is C28H29ClN2O4S2. The van der Waals surface area contributed by atoms with Gasteiger partial charge in [-0.25, -0.2) is 4.98 Å². The largest absolute Gasteiger partial charge is 0.469 e. The van der Waals surface area contributed by atoms with Gasteiger partial charge >= 0.3 is 5.97 Å². The van der Waals surface area contributed by atoms with Crippen LogP contribution in [0.3, 0.4) is 0 Å². The third-order valence-corrected chi connectivity index (χ3v) is 8.99. The number of benzene rings is 2. The number of halogens is 1. The minimum Gasteiger partial charge on any atom is -0.469 e. The number of nitrogens with zero attached hydrogens (tertiary/aromatic N) is 2. The number of ether oxygens (including phenoxy) is 1. The van der Waals surface area contributed by atoms with Crippen molar-refractivity contribution in [2.45, 2.75) is 23.8 Å². The van der Waals surface area contributed by atoms with Crippen LogP contribution in [0.15, 0.2) is 59.0 Å². The summed E-state index contributed by atoms with van der Waals surface area (Å²) in [4.78, 5) is 29.9. The zero-order valence-corrected chi connectivity index (χ0v) is 23.4. The number of esters is 1. The number of carbonyl (C=O) groups is 2. The van der Waals surface area contributed by atoms with Gasteiger partial charge in [-0.1, -0.05) is 29.8 Å². The first-order valence-corrected chi connectivity index (χ1v) is 14.4. The Hall–Kier alpha value is -2.68. The van der Waals surface area contributed by atoms with Gasteiger partial charge in [-0.15, -0.1) is 23.5 Å². The summed E-state index contributed by atoms with van der Waals surface area (Å²) in [5, 5.41) is 2.65. The van der Waals surface area contributed by atoms with E-state index in [1.54, 1.807) is 42.5 Å². The third kappa shape index (κ3) is 7.21. The number of aromatic nitrogens is 1. The van der Waals surface area contributed by atoms with E-state index < -0.39 is 0 Å². The first kappa shape index (κ1) is 27.4. The molecule has 4 aromatic rings. The molecule has 0 fully saturated rings. The first-order chi connectivity index (χ1) is 17.8. The van der Waals surface area contributed by atoms with Crippen LogP contribution in [0.5, 0.6) is 0 Å². The van der Waals surface area contributed by atoms with Gasteiger partial charge in [-0.3, -0.25) is 9.59 Å². The second-order valence-corrected chi connectivity index (χ2v) is 11.9. The first-order valence-electron chi connectivity index (χ1n) is 11.9. The van der Waals surface area contributed by atoms with E-state index in [2.05, 4.69) is 12.1 Å². The lowest BCUT2D eigenvalue weighted by molar-refractivity contribution is -0.140. The van der Waals surface area contributed by atoms with Crippen molar-refractivity contribution in [2.24, 2.45) is 0 Å². The fourth-order valence-electron chi connectivity index (χ4n) is 3.79. The van der Waals surface area contributed by atoms with Gasteiger partial charge in [0.05, 0.1) is 17.2 Å². The number of hydrogen-bond acceptors (Lipinski definition) is 7. The molecular weight excluding hydrogens is 528 g/mol. The zero-order valence-electron chi connectivity index (χ0n) is 21.0. The number of rotatable bonds is 11. The van der Waals surface area contributed by atoms with E-state index in [1.807, 2.05) is 42.5 Å². The van der Waals surface area contributed by atoms with Crippen LogP contribution in [0.4, 0.5) is 0 Å². The maximum absolute atomic E-state index is 12.1. The highest BCUT2D eigenvalue weighted by atomic mass is 35.5. The fraction of sp³-hybridized carbons (Fsp3) is 0.321. The van der Waals surface area contributed by atoms with E-state index in [0.717, 1.165) is 45.3 Å². The van der Waals surface area contributed by atoms with Crippen molar-refractivity contribution >= 4 is 68.9 Å². The van der Waals surface area contributed by atoms with E-state index in [-0.39, 0.29) is 16.5 Å². The summed E-state index contributed by atoms with van der Waals surface area (Å²) >= 11 is 9.67. The van der Waals surface area contributed by atoms with Crippen molar-refractivity contribution in [1.29, 1.82) is 0 Å². The number of amides is 1. The summed E-state index contributed by atoms with van der Waals surface area (Å²) in [5.41, 5.74) is 3.49. The minimum atomic E-state index is -0.196. The molecule has 194 valence electrons. The molecule has 0 spiro atoms. The molecule has 0 saturated heterocycles. The summed E-state index contributed by atoms with van der Waals surface area (Å²) < 4.78 is 11.0. The van der Waals surface area contributed by atoms with Gasteiger partial charge in [0.15, 0.2) is 5.76 Å². The normalized spacial score (nSPS) is 12.1. The fourth-order valence-corrected chi connectivity index (χ4v) is 6.63. The predicted molar refractivity (Wildman–Crippen MR) is 154 cm³/mol. The molecule has 2 aromatic heterocycles. The van der Waals surface area contributed by atoms with Crippen molar-refractivity contribution in [3.05, 3.63) is 65.2 Å². The Morgan fingerprint density at radius 3 is 2.57 bits per heavy atom. The summed E-state index contributed by atoms with van der Waals surface area (Å²) in [5.74, 6) is 2.14. The molecule has 1 atom stereocenters. The average Bonchev–Trinajstić information content (AvgIpc) is 3.32. The van der Waals surface area contributed by atoms with E-state index >= 15 is 0 Å². The van der Waals surface area contributed by atoms with E-state index in [1.165, 1.54) is 7.11 Å². The highest BCUT2D eigenvalue weighted by Gasteiger charge is 2.17. The van der Waals surface area contributed by atoms with Gasteiger partial charge in [0.1, 0.15) is 11.3 Å². The maximum atomic E-state index is 12.1. The molecule has 9 heteroatoms. The van der Waals surface area contributed by atoms with Crippen LogP contribution < -0.4 is 0 Å². The topological polar surface area (TPSA) is 72.6 Å². The van der Waals surface area contributed by atoms with Gasteiger partial charge < -0.3 is 14.1 Å². The predicted octanol–water partition coefficient (Wildman–Crippen LogP) is 7.20. The molecule has 4 rings (SSSR count). The van der Waals surface area contributed by atoms with Crippen LogP contribution in [0.25, 0.3) is 33.3 Å². The van der Waals surface area contributed by atoms with E-state index in [9.17, 15) is 9.59 Å². The average molecular weight is 557 g/mol. The van der Waals surface area contributed by atoms with Gasteiger partial charge in [-0.2, -0.15) is 0 Å². The van der Waals surface area contributed by atoms with Crippen molar-refractivity contribution in [3.8, 4) is 11.5 Å². The lowest BCUT2D eigenvalue weighted by Gasteiger charge is -2.17. The molecule has 0 aliphatic heterocycles. The van der Waals surface area contributed by atoms with Gasteiger partial charge in [0.25, 0.3) is 0 Å². The Morgan fingerprint density at radius 2 is 1.78 bits per heavy atom. The summed E-state index contributed by atoms with van der Waals surface area (Å²) in [7, 11) is 4.96. The van der Waals surface area contributed by atoms with Crippen LogP contribution in [0.1, 0.15) is 29.4 Å². The Kier molecular flexibility index (Phi) is 9.40. The minimum absolute atomic E-state index is 0.112. The molecule has 2 aromatic carbocycles. The second kappa shape index (κ2) is 12.7. The van der Waals surface area contributed by atoms with E-state index in [4.69, 9.17) is 25.7 Å². The molecule has 0 aliphatic rings. The summed E-state index contributed by atoms with van der Waals surface area (Å²) in [6.45, 7) is 0. The molecule has 0 radical (unpaired) electrons. The molecule has 6 nitrogen and oxygen atoms in total. The van der Waals surface area contributed by atoms with Crippen LogP contribution >= 0.6 is 35.1 Å². The molecule has 0 saturated carbocycles. The molecule has 1 unspecified atom stereocenters. The Labute approximate surface area is 230 Å². The number of hydrogen-bond donors (Lipinski definition) is 0. The SMILES string of the molecule is COC(=O)CCCSC(SCCC(=O)N(C)C)c1ccc2oc(-c3ccc4ccc(Cl)cc4n3)cc2c1. The van der Waals surface area contributed by atoms with Crippen LogP contribution in [-0.2, 0) is 14.3 Å². The van der Waals surface area contributed by atoms with Crippen molar-refractivity contribution in [3.63, 3.8) is 0 Å². The number of furan rings is 1. The van der Waals surface area contributed by atoms with Gasteiger partial charge in [-0.05, 0) is 54.1 Å². The third-order valence-electron chi connectivity index (χ3n) is 5.83. The quantitative estimate of drug-likeness (QED) is 0.110. The number of thioether (sulfide) groups is 2. The Balaban J connectivity index is 1.54. The zero-order chi connectivity index (χ0) is 26.4.